The van der Waals surface area contributed by atoms with Crippen LogP contribution in [0.2, 0.25) is 0 Å². The fraction of sp³-hybridized carbons (Fsp3) is 0.455. The number of nitrogens with zero attached hydrogens (tertiary/aromatic N) is 4. The molecule has 0 bridgehead atoms. The van der Waals surface area contributed by atoms with Gasteiger partial charge >= 0.3 is 0 Å². The van der Waals surface area contributed by atoms with Crippen LogP contribution in [0.4, 0.5) is 5.00 Å². The van der Waals surface area contributed by atoms with Crippen LogP contribution in [-0.4, -0.2) is 39.1 Å². The molecule has 7 nitrogen and oxygen atoms in total. The summed E-state index contributed by atoms with van der Waals surface area (Å²) >= 11 is 4.55. The van der Waals surface area contributed by atoms with Crippen molar-refractivity contribution in [3.63, 3.8) is 0 Å². The van der Waals surface area contributed by atoms with Crippen LogP contribution < -0.4 is 5.32 Å². The molecule has 0 saturated carbocycles. The molecule has 1 aliphatic carbocycles. The minimum absolute atomic E-state index is 0.130. The molecule has 1 saturated heterocycles. The first-order chi connectivity index (χ1) is 15.7. The van der Waals surface area contributed by atoms with Gasteiger partial charge in [-0.05, 0) is 55.5 Å². The molecule has 166 valence electrons. The van der Waals surface area contributed by atoms with E-state index in [1.54, 1.807) is 22.7 Å². The summed E-state index contributed by atoms with van der Waals surface area (Å²) in [5.41, 5.74) is 1.77. The zero-order chi connectivity index (χ0) is 21.9. The lowest BCUT2D eigenvalue weighted by Crippen LogP contribution is -2.18. The van der Waals surface area contributed by atoms with E-state index in [4.69, 9.17) is 4.74 Å². The Labute approximate surface area is 198 Å². The summed E-state index contributed by atoms with van der Waals surface area (Å²) in [7, 11) is 0. The Morgan fingerprint density at radius 1 is 1.34 bits per heavy atom. The average molecular weight is 486 g/mol. The molecule has 0 radical (unpaired) electrons. The molecule has 5 rings (SSSR count). The average Bonchev–Trinajstić information content (AvgIpc) is 3.59. The molecule has 1 N–H and O–H groups in total. The van der Waals surface area contributed by atoms with E-state index >= 15 is 0 Å². The van der Waals surface area contributed by atoms with E-state index in [0.717, 1.165) is 61.4 Å². The van der Waals surface area contributed by atoms with E-state index in [1.165, 1.54) is 16.6 Å². The third kappa shape index (κ3) is 4.48. The van der Waals surface area contributed by atoms with E-state index in [0.29, 0.717) is 22.3 Å². The number of carbonyl (C=O) groups excluding carboxylic acids is 1. The van der Waals surface area contributed by atoms with Crippen molar-refractivity contribution in [1.29, 1.82) is 5.26 Å². The molecule has 3 aromatic heterocycles. The molecule has 1 amide bonds. The maximum absolute atomic E-state index is 12.7. The fourth-order valence-corrected chi connectivity index (χ4v) is 6.93. The van der Waals surface area contributed by atoms with E-state index in [9.17, 15) is 10.1 Å². The number of carbonyl (C=O) groups is 1. The van der Waals surface area contributed by atoms with E-state index in [2.05, 4.69) is 26.2 Å². The number of thioether (sulfide) groups is 1. The number of nitrogens with one attached hydrogen (secondary N) is 1. The monoisotopic (exact) mass is 485 g/mol. The van der Waals surface area contributed by atoms with Crippen LogP contribution in [-0.2, 0) is 28.9 Å². The number of hydrogen-bond donors (Lipinski definition) is 1. The van der Waals surface area contributed by atoms with Crippen molar-refractivity contribution in [2.24, 2.45) is 0 Å². The molecular weight excluding hydrogens is 462 g/mol. The molecule has 1 aliphatic heterocycles. The van der Waals surface area contributed by atoms with Crippen LogP contribution in [0, 0.1) is 11.3 Å². The first-order valence-electron chi connectivity index (χ1n) is 10.8. The van der Waals surface area contributed by atoms with Crippen molar-refractivity contribution in [1.82, 2.24) is 14.8 Å². The summed E-state index contributed by atoms with van der Waals surface area (Å²) in [5, 5.41) is 24.8. The number of rotatable bonds is 7. The number of ether oxygens (including phenoxy) is 1. The van der Waals surface area contributed by atoms with Gasteiger partial charge in [-0.2, -0.15) is 5.26 Å². The SMILES string of the molecule is N#Cc1c(NC(=O)CSc2nnc(-c3cccs3)n2CC2CCCO2)sc2c1CCCC2. The van der Waals surface area contributed by atoms with Crippen LogP contribution in [0.3, 0.4) is 0 Å². The molecule has 1 atom stereocenters. The number of thiophene rings is 2. The molecule has 0 aromatic carbocycles. The quantitative estimate of drug-likeness (QED) is 0.487. The summed E-state index contributed by atoms with van der Waals surface area (Å²) in [5.74, 6) is 0.896. The first kappa shape index (κ1) is 21.6. The summed E-state index contributed by atoms with van der Waals surface area (Å²) in [6.07, 6.45) is 6.41. The second-order valence-corrected chi connectivity index (χ2v) is 10.9. The predicted molar refractivity (Wildman–Crippen MR) is 127 cm³/mol. The number of aromatic nitrogens is 3. The summed E-state index contributed by atoms with van der Waals surface area (Å²) in [4.78, 5) is 15.0. The molecule has 1 unspecified atom stereocenters. The van der Waals surface area contributed by atoms with Crippen molar-refractivity contribution in [3.05, 3.63) is 33.5 Å². The Balaban J connectivity index is 1.30. The van der Waals surface area contributed by atoms with Gasteiger partial charge in [-0.25, -0.2) is 0 Å². The largest absolute Gasteiger partial charge is 0.376 e. The van der Waals surface area contributed by atoms with E-state index in [1.807, 2.05) is 17.5 Å². The highest BCUT2D eigenvalue weighted by Crippen LogP contribution is 2.38. The smallest absolute Gasteiger partial charge is 0.235 e. The normalized spacial score (nSPS) is 17.8. The van der Waals surface area contributed by atoms with Crippen LogP contribution in [0.5, 0.6) is 0 Å². The number of hydrogen-bond acceptors (Lipinski definition) is 8. The van der Waals surface area contributed by atoms with Gasteiger partial charge in [-0.15, -0.1) is 32.9 Å². The van der Waals surface area contributed by atoms with Gasteiger partial charge in [0.05, 0.1) is 28.8 Å². The van der Waals surface area contributed by atoms with Gasteiger partial charge < -0.3 is 10.1 Å². The third-order valence-electron chi connectivity index (χ3n) is 5.74. The molecule has 2 aliphatic rings. The van der Waals surface area contributed by atoms with Gasteiger partial charge in [0.2, 0.25) is 5.91 Å². The maximum Gasteiger partial charge on any atom is 0.235 e. The van der Waals surface area contributed by atoms with Crippen LogP contribution in [0.1, 0.15) is 41.7 Å². The van der Waals surface area contributed by atoms with Crippen LogP contribution in [0.25, 0.3) is 10.7 Å². The number of nitriles is 1. The van der Waals surface area contributed by atoms with Crippen molar-refractivity contribution in [2.75, 3.05) is 17.7 Å². The topological polar surface area (TPSA) is 92.8 Å². The Morgan fingerprint density at radius 3 is 3.03 bits per heavy atom. The van der Waals surface area contributed by atoms with Gasteiger partial charge in [0, 0.05) is 11.5 Å². The molecule has 0 spiro atoms. The van der Waals surface area contributed by atoms with Crippen LogP contribution in [0.15, 0.2) is 22.7 Å². The molecule has 3 aromatic rings. The first-order valence-corrected chi connectivity index (χ1v) is 13.5. The minimum atomic E-state index is -0.130. The van der Waals surface area contributed by atoms with E-state index < -0.39 is 0 Å². The lowest BCUT2D eigenvalue weighted by molar-refractivity contribution is -0.113. The van der Waals surface area contributed by atoms with Crippen molar-refractivity contribution >= 4 is 45.3 Å². The van der Waals surface area contributed by atoms with Gasteiger partial charge in [-0.1, -0.05) is 17.8 Å². The second kappa shape index (κ2) is 9.75. The number of amides is 1. The zero-order valence-corrected chi connectivity index (χ0v) is 20.0. The molecular formula is C22H23N5O2S3. The highest BCUT2D eigenvalue weighted by molar-refractivity contribution is 7.99. The summed E-state index contributed by atoms with van der Waals surface area (Å²) in [6, 6.07) is 6.33. The van der Waals surface area contributed by atoms with Crippen LogP contribution >= 0.6 is 34.4 Å². The van der Waals surface area contributed by atoms with Crippen molar-refractivity contribution in [3.8, 4) is 16.8 Å². The summed E-state index contributed by atoms with van der Waals surface area (Å²) < 4.78 is 7.91. The lowest BCUT2D eigenvalue weighted by Gasteiger charge is -2.14. The molecule has 4 heterocycles. The Hall–Kier alpha value is -2.19. The fourth-order valence-electron chi connectivity index (χ4n) is 4.21. The minimum Gasteiger partial charge on any atom is -0.376 e. The number of aryl methyl sites for hydroxylation is 1. The zero-order valence-electron chi connectivity index (χ0n) is 17.5. The predicted octanol–water partition coefficient (Wildman–Crippen LogP) is 4.73. The lowest BCUT2D eigenvalue weighted by atomic mass is 9.96. The maximum atomic E-state index is 12.7. The molecule has 1 fully saturated rings. The third-order valence-corrected chi connectivity index (χ3v) is 8.78. The Kier molecular flexibility index (Phi) is 6.59. The van der Waals surface area contributed by atoms with Gasteiger partial charge in [0.25, 0.3) is 0 Å². The highest BCUT2D eigenvalue weighted by Gasteiger charge is 2.24. The Morgan fingerprint density at radius 2 is 2.25 bits per heavy atom. The van der Waals surface area contributed by atoms with E-state index in [-0.39, 0.29) is 17.8 Å². The highest BCUT2D eigenvalue weighted by atomic mass is 32.2. The standard InChI is InChI=1S/C22H23N5O2S3/c23-11-16-15-6-1-2-7-17(15)32-21(16)24-19(28)13-31-22-26-25-20(18-8-4-10-30-18)27(22)12-14-5-3-9-29-14/h4,8,10,14H,1-3,5-7,9,12-13H2,(H,24,28). The van der Waals surface area contributed by atoms with Crippen molar-refractivity contribution in [2.45, 2.75) is 56.3 Å². The Bertz CT molecular complexity index is 1140. The number of anilines is 1. The van der Waals surface area contributed by atoms with Gasteiger partial charge in [0.1, 0.15) is 11.1 Å². The molecule has 32 heavy (non-hydrogen) atoms. The summed E-state index contributed by atoms with van der Waals surface area (Å²) in [6.45, 7) is 1.47. The second-order valence-electron chi connectivity index (χ2n) is 7.89. The van der Waals surface area contributed by atoms with Gasteiger partial charge in [-0.3, -0.25) is 9.36 Å². The van der Waals surface area contributed by atoms with Crippen molar-refractivity contribution < 1.29 is 9.53 Å². The van der Waals surface area contributed by atoms with Gasteiger partial charge in [0.15, 0.2) is 11.0 Å². The number of fused-ring (bicyclic) bond motifs is 1. The molecule has 10 heteroatoms.